The first-order valence-corrected chi connectivity index (χ1v) is 14.8. The predicted molar refractivity (Wildman–Crippen MR) is 166 cm³/mol. The Kier molecular flexibility index (Phi) is 9.42. The second kappa shape index (κ2) is 13.2. The Balaban J connectivity index is 1.43. The van der Waals surface area contributed by atoms with Crippen LogP contribution in [0.15, 0.2) is 54.6 Å². The van der Waals surface area contributed by atoms with Crippen LogP contribution in [0.3, 0.4) is 0 Å². The van der Waals surface area contributed by atoms with Crippen LogP contribution in [0.25, 0.3) is 0 Å². The average Bonchev–Trinajstić information content (AvgIpc) is 3.49. The van der Waals surface area contributed by atoms with Crippen molar-refractivity contribution in [1.29, 1.82) is 0 Å². The lowest BCUT2D eigenvalue weighted by Gasteiger charge is -2.38. The van der Waals surface area contributed by atoms with Crippen molar-refractivity contribution >= 4 is 40.7 Å². The zero-order valence-electron chi connectivity index (χ0n) is 24.6. The van der Waals surface area contributed by atoms with Crippen molar-refractivity contribution in [3.63, 3.8) is 0 Å². The number of amides is 2. The van der Waals surface area contributed by atoms with Gasteiger partial charge < -0.3 is 33.6 Å². The Hall–Kier alpha value is -3.82. The van der Waals surface area contributed by atoms with Gasteiger partial charge >= 0.3 is 0 Å². The van der Waals surface area contributed by atoms with Gasteiger partial charge in [-0.05, 0) is 48.0 Å². The summed E-state index contributed by atoms with van der Waals surface area (Å²) < 4.78 is 22.3. The number of ether oxygens (including phenoxy) is 4. The molecule has 0 aromatic heterocycles. The molecule has 0 radical (unpaired) electrons. The molecule has 5 rings (SSSR count). The van der Waals surface area contributed by atoms with E-state index in [1.165, 1.54) is 0 Å². The van der Waals surface area contributed by atoms with Gasteiger partial charge in [0.25, 0.3) is 5.91 Å². The van der Waals surface area contributed by atoms with Crippen LogP contribution in [-0.2, 0) is 4.79 Å². The van der Waals surface area contributed by atoms with E-state index in [0.29, 0.717) is 60.6 Å². The van der Waals surface area contributed by atoms with E-state index < -0.39 is 5.92 Å². The molecule has 3 aromatic rings. The van der Waals surface area contributed by atoms with E-state index in [9.17, 15) is 9.59 Å². The van der Waals surface area contributed by atoms with Gasteiger partial charge in [-0.15, -0.1) is 0 Å². The van der Waals surface area contributed by atoms with E-state index in [1.807, 2.05) is 41.3 Å². The SMILES string of the molecule is COc1ccccc1N1CCN(C(=O)C2CN(C(=O)c3ccc(Cl)cc3Cl)CC2c2cc(OC)c(OC)c(OC)c2)CC1. The second-order valence-electron chi connectivity index (χ2n) is 10.5. The molecule has 2 atom stereocenters. The van der Waals surface area contributed by atoms with Gasteiger partial charge in [-0.3, -0.25) is 9.59 Å². The first-order chi connectivity index (χ1) is 20.8. The third-order valence-corrected chi connectivity index (χ3v) is 8.77. The third-order valence-electron chi connectivity index (χ3n) is 8.22. The van der Waals surface area contributed by atoms with E-state index in [0.717, 1.165) is 17.0 Å². The Labute approximate surface area is 261 Å². The maximum absolute atomic E-state index is 14.2. The Morgan fingerprint density at radius 2 is 1.40 bits per heavy atom. The number of anilines is 1. The number of carbonyl (C=O) groups is 2. The minimum atomic E-state index is -0.490. The molecule has 2 heterocycles. The second-order valence-corrected chi connectivity index (χ2v) is 11.3. The number of likely N-dealkylation sites (tertiary alicyclic amines) is 1. The van der Waals surface area contributed by atoms with Crippen molar-refractivity contribution in [1.82, 2.24) is 9.80 Å². The highest BCUT2D eigenvalue weighted by atomic mass is 35.5. The molecule has 3 aromatic carbocycles. The summed E-state index contributed by atoms with van der Waals surface area (Å²) in [6, 6.07) is 16.4. The fourth-order valence-electron chi connectivity index (χ4n) is 6.00. The molecule has 0 bridgehead atoms. The fourth-order valence-corrected chi connectivity index (χ4v) is 6.49. The summed E-state index contributed by atoms with van der Waals surface area (Å²) in [6.45, 7) is 2.98. The number of rotatable bonds is 8. The van der Waals surface area contributed by atoms with Crippen LogP contribution >= 0.6 is 23.2 Å². The summed E-state index contributed by atoms with van der Waals surface area (Å²) in [4.78, 5) is 33.7. The largest absolute Gasteiger partial charge is 0.495 e. The van der Waals surface area contributed by atoms with Crippen LogP contribution < -0.4 is 23.8 Å². The Morgan fingerprint density at radius 1 is 0.744 bits per heavy atom. The first kappa shape index (κ1) is 30.6. The van der Waals surface area contributed by atoms with Gasteiger partial charge in [0.15, 0.2) is 11.5 Å². The third kappa shape index (κ3) is 6.15. The lowest BCUT2D eigenvalue weighted by molar-refractivity contribution is -0.135. The maximum Gasteiger partial charge on any atom is 0.255 e. The summed E-state index contributed by atoms with van der Waals surface area (Å²) in [5, 5.41) is 0.711. The molecule has 0 spiro atoms. The van der Waals surface area contributed by atoms with Gasteiger partial charge in [0.2, 0.25) is 11.7 Å². The fraction of sp³-hybridized carbons (Fsp3) is 0.375. The van der Waals surface area contributed by atoms with Gasteiger partial charge in [0, 0.05) is 50.2 Å². The molecular weight excluding hydrogens is 593 g/mol. The van der Waals surface area contributed by atoms with Gasteiger partial charge in [-0.25, -0.2) is 0 Å². The molecule has 228 valence electrons. The van der Waals surface area contributed by atoms with Gasteiger partial charge in [0.1, 0.15) is 5.75 Å². The first-order valence-electron chi connectivity index (χ1n) is 14.0. The predicted octanol–water partition coefficient (Wildman–Crippen LogP) is 5.23. The molecule has 2 fully saturated rings. The molecule has 0 aliphatic carbocycles. The van der Waals surface area contributed by atoms with Crippen molar-refractivity contribution in [2.24, 2.45) is 5.92 Å². The van der Waals surface area contributed by atoms with Gasteiger partial charge in [0.05, 0.1) is 50.6 Å². The summed E-state index contributed by atoms with van der Waals surface area (Å²) in [5.74, 6) is 1.17. The molecular formula is C32H35Cl2N3O6. The number of piperazine rings is 1. The van der Waals surface area contributed by atoms with E-state index in [1.54, 1.807) is 51.5 Å². The van der Waals surface area contributed by atoms with Crippen molar-refractivity contribution in [3.05, 3.63) is 75.8 Å². The van der Waals surface area contributed by atoms with Crippen LogP contribution in [0.5, 0.6) is 23.0 Å². The van der Waals surface area contributed by atoms with Crippen LogP contribution in [0.1, 0.15) is 21.8 Å². The van der Waals surface area contributed by atoms with Crippen molar-refractivity contribution in [2.45, 2.75) is 5.92 Å². The lowest BCUT2D eigenvalue weighted by atomic mass is 9.87. The van der Waals surface area contributed by atoms with E-state index in [4.69, 9.17) is 42.1 Å². The standard InChI is InChI=1S/C32H35Cl2N3O6/c1-40-27-8-6-5-7-26(27)35-11-13-36(14-12-35)32(39)24-19-37(31(38)22-10-9-21(33)17-25(22)34)18-23(24)20-15-28(41-2)30(43-4)29(16-20)42-3/h5-10,15-17,23-24H,11-14,18-19H2,1-4H3. The normalized spacial score (nSPS) is 18.4. The highest BCUT2D eigenvalue weighted by Gasteiger charge is 2.43. The Morgan fingerprint density at radius 3 is 2.00 bits per heavy atom. The molecule has 43 heavy (non-hydrogen) atoms. The summed E-state index contributed by atoms with van der Waals surface area (Å²) in [5.41, 5.74) is 2.16. The number of methoxy groups -OCH3 is 4. The highest BCUT2D eigenvalue weighted by molar-refractivity contribution is 6.36. The van der Waals surface area contributed by atoms with Crippen LogP contribution in [-0.4, -0.2) is 89.3 Å². The van der Waals surface area contributed by atoms with Crippen LogP contribution in [0, 0.1) is 5.92 Å². The minimum Gasteiger partial charge on any atom is -0.495 e. The van der Waals surface area contributed by atoms with Crippen molar-refractivity contribution < 1.29 is 28.5 Å². The molecule has 2 aliphatic rings. The van der Waals surface area contributed by atoms with Crippen molar-refractivity contribution in [3.8, 4) is 23.0 Å². The molecule has 0 saturated carbocycles. The number of carbonyl (C=O) groups excluding carboxylic acids is 2. The lowest BCUT2D eigenvalue weighted by Crippen LogP contribution is -2.51. The number of hydrogen-bond donors (Lipinski definition) is 0. The molecule has 2 aliphatic heterocycles. The Bertz CT molecular complexity index is 1470. The molecule has 11 heteroatoms. The van der Waals surface area contributed by atoms with Crippen molar-refractivity contribution in [2.75, 3.05) is 72.6 Å². The summed E-state index contributed by atoms with van der Waals surface area (Å²) >= 11 is 12.5. The topological polar surface area (TPSA) is 80.8 Å². The summed E-state index contributed by atoms with van der Waals surface area (Å²) in [7, 11) is 6.31. The maximum atomic E-state index is 14.2. The zero-order chi connectivity index (χ0) is 30.7. The smallest absolute Gasteiger partial charge is 0.255 e. The molecule has 2 saturated heterocycles. The molecule has 2 amide bonds. The molecule has 2 unspecified atom stereocenters. The number of nitrogens with zero attached hydrogens (tertiary/aromatic N) is 3. The number of para-hydroxylation sites is 2. The van der Waals surface area contributed by atoms with Crippen LogP contribution in [0.2, 0.25) is 10.0 Å². The minimum absolute atomic E-state index is 0.00377. The highest BCUT2D eigenvalue weighted by Crippen LogP contribution is 2.44. The van der Waals surface area contributed by atoms with Gasteiger partial charge in [-0.1, -0.05) is 35.3 Å². The summed E-state index contributed by atoms with van der Waals surface area (Å²) in [6.07, 6.45) is 0. The van der Waals surface area contributed by atoms with E-state index >= 15 is 0 Å². The van der Waals surface area contributed by atoms with E-state index in [-0.39, 0.29) is 29.3 Å². The number of hydrogen-bond acceptors (Lipinski definition) is 7. The van der Waals surface area contributed by atoms with E-state index in [2.05, 4.69) is 4.90 Å². The number of halogens is 2. The molecule has 9 nitrogen and oxygen atoms in total. The monoisotopic (exact) mass is 627 g/mol. The number of benzene rings is 3. The average molecular weight is 629 g/mol. The molecule has 0 N–H and O–H groups in total. The van der Waals surface area contributed by atoms with Gasteiger partial charge in [-0.2, -0.15) is 0 Å². The van der Waals surface area contributed by atoms with Crippen LogP contribution in [0.4, 0.5) is 5.69 Å². The quantitative estimate of drug-likeness (QED) is 0.338. The zero-order valence-corrected chi connectivity index (χ0v) is 26.2.